The van der Waals surface area contributed by atoms with Gasteiger partial charge in [0.2, 0.25) is 0 Å². The molecule has 3 aromatic rings. The van der Waals surface area contributed by atoms with Crippen molar-refractivity contribution in [2.24, 2.45) is 0 Å². The fourth-order valence-electron chi connectivity index (χ4n) is 3.38. The van der Waals surface area contributed by atoms with Gasteiger partial charge in [-0.15, -0.1) is 11.3 Å². The molecule has 4 nitrogen and oxygen atoms in total. The first kappa shape index (κ1) is 17.0. The summed E-state index contributed by atoms with van der Waals surface area (Å²) in [5.74, 6) is 0.770. The van der Waals surface area contributed by atoms with Gasteiger partial charge in [-0.1, -0.05) is 29.8 Å². The number of fused-ring (bicyclic) bond motifs is 1. The molecule has 0 spiro atoms. The molecule has 0 aliphatic carbocycles. The summed E-state index contributed by atoms with van der Waals surface area (Å²) < 4.78 is 6.89. The first-order valence-corrected chi connectivity index (χ1v) is 9.87. The van der Waals surface area contributed by atoms with E-state index in [1.54, 1.807) is 11.3 Å². The maximum Gasteiger partial charge on any atom is 0.261 e. The van der Waals surface area contributed by atoms with E-state index in [2.05, 4.69) is 6.07 Å². The van der Waals surface area contributed by atoms with E-state index in [0.717, 1.165) is 42.1 Å². The average Bonchev–Trinajstić information content (AvgIpc) is 3.11. The minimum Gasteiger partial charge on any atom is -0.484 e. The molecular weight excluding hydrogens is 344 g/mol. The summed E-state index contributed by atoms with van der Waals surface area (Å²) in [5, 5.41) is 1.04. The number of para-hydroxylation sites is 1. The number of carbonyl (C=O) groups excluding carboxylic acids is 1. The van der Waals surface area contributed by atoms with Gasteiger partial charge in [-0.3, -0.25) is 4.79 Å². The van der Waals surface area contributed by atoms with Gasteiger partial charge < -0.3 is 9.64 Å². The number of benzene rings is 2. The molecule has 2 heterocycles. The number of rotatable bonds is 4. The molecule has 0 radical (unpaired) electrons. The van der Waals surface area contributed by atoms with Crippen LogP contribution in [0.5, 0.6) is 5.75 Å². The lowest BCUT2D eigenvalue weighted by Gasteiger charge is -2.34. The summed E-state index contributed by atoms with van der Waals surface area (Å²) in [6.07, 6.45) is 3.14. The number of hydrogen-bond acceptors (Lipinski definition) is 4. The molecule has 5 heteroatoms. The van der Waals surface area contributed by atoms with E-state index in [-0.39, 0.29) is 18.6 Å². The molecule has 0 N–H and O–H groups in total. The minimum absolute atomic E-state index is 0.0366. The normalized spacial score (nSPS) is 17.4. The minimum atomic E-state index is 0.0366. The number of ether oxygens (including phenoxy) is 1. The second-order valence-electron chi connectivity index (χ2n) is 6.72. The van der Waals surface area contributed by atoms with Crippen molar-refractivity contribution >= 4 is 27.5 Å². The maximum absolute atomic E-state index is 12.8. The predicted octanol–water partition coefficient (Wildman–Crippen LogP) is 4.74. The zero-order valence-electron chi connectivity index (χ0n) is 14.9. The Morgan fingerprint density at radius 3 is 2.81 bits per heavy atom. The van der Waals surface area contributed by atoms with Crippen molar-refractivity contribution in [1.82, 2.24) is 9.88 Å². The number of carbonyl (C=O) groups is 1. The number of nitrogens with zero attached hydrogens (tertiary/aromatic N) is 2. The van der Waals surface area contributed by atoms with Crippen molar-refractivity contribution in [2.75, 3.05) is 13.2 Å². The lowest BCUT2D eigenvalue weighted by atomic mass is 10.0. The molecule has 1 amide bonds. The molecule has 134 valence electrons. The van der Waals surface area contributed by atoms with Gasteiger partial charge in [0.05, 0.1) is 16.3 Å². The largest absolute Gasteiger partial charge is 0.484 e. The highest BCUT2D eigenvalue weighted by Gasteiger charge is 2.30. The van der Waals surface area contributed by atoms with Gasteiger partial charge in [-0.25, -0.2) is 4.98 Å². The summed E-state index contributed by atoms with van der Waals surface area (Å²) in [7, 11) is 0. The van der Waals surface area contributed by atoms with Crippen LogP contribution < -0.4 is 4.74 Å². The van der Waals surface area contributed by atoms with Gasteiger partial charge in [-0.05, 0) is 50.5 Å². The van der Waals surface area contributed by atoms with E-state index in [1.807, 2.05) is 54.3 Å². The number of aryl methyl sites for hydroxylation is 1. The second kappa shape index (κ2) is 7.46. The van der Waals surface area contributed by atoms with E-state index in [9.17, 15) is 4.79 Å². The molecule has 1 saturated heterocycles. The molecule has 1 unspecified atom stereocenters. The van der Waals surface area contributed by atoms with Crippen LogP contribution in [0, 0.1) is 6.92 Å². The highest BCUT2D eigenvalue weighted by atomic mass is 32.1. The Kier molecular flexibility index (Phi) is 4.89. The van der Waals surface area contributed by atoms with Crippen LogP contribution >= 0.6 is 11.3 Å². The van der Waals surface area contributed by atoms with Crippen molar-refractivity contribution in [3.8, 4) is 5.75 Å². The summed E-state index contributed by atoms with van der Waals surface area (Å²) in [4.78, 5) is 19.5. The van der Waals surface area contributed by atoms with Crippen LogP contribution in [-0.2, 0) is 4.79 Å². The first-order chi connectivity index (χ1) is 12.7. The molecule has 1 fully saturated rings. The van der Waals surface area contributed by atoms with E-state index in [4.69, 9.17) is 9.72 Å². The maximum atomic E-state index is 12.8. The molecule has 1 aromatic heterocycles. The number of hydrogen-bond donors (Lipinski definition) is 0. The Labute approximate surface area is 157 Å². The smallest absolute Gasteiger partial charge is 0.261 e. The van der Waals surface area contributed by atoms with Gasteiger partial charge in [-0.2, -0.15) is 0 Å². The van der Waals surface area contributed by atoms with E-state index >= 15 is 0 Å². The van der Waals surface area contributed by atoms with Crippen LogP contribution in [0.25, 0.3) is 10.2 Å². The zero-order chi connectivity index (χ0) is 17.9. The third-order valence-corrected chi connectivity index (χ3v) is 5.94. The predicted molar refractivity (Wildman–Crippen MR) is 105 cm³/mol. The monoisotopic (exact) mass is 366 g/mol. The van der Waals surface area contributed by atoms with Crippen LogP contribution in [0.2, 0.25) is 0 Å². The van der Waals surface area contributed by atoms with E-state index < -0.39 is 0 Å². The molecule has 1 atom stereocenters. The molecule has 1 aliphatic heterocycles. The quantitative estimate of drug-likeness (QED) is 0.670. The fraction of sp³-hybridized carbons (Fsp3) is 0.333. The standard InChI is InChI=1S/C21H22N2O2S/c1-15-9-11-16(12-10-15)25-14-20(24)23-13-5-4-7-18(23)21-22-17-6-2-3-8-19(17)26-21/h2-3,6,8-12,18H,4-5,7,13-14H2,1H3. The van der Waals surface area contributed by atoms with E-state index in [0.29, 0.717) is 0 Å². The first-order valence-electron chi connectivity index (χ1n) is 9.05. The molecule has 0 saturated carbocycles. The third kappa shape index (κ3) is 3.58. The van der Waals surface area contributed by atoms with Crippen LogP contribution in [0.1, 0.15) is 35.9 Å². The van der Waals surface area contributed by atoms with Crippen molar-refractivity contribution in [3.05, 3.63) is 59.1 Å². The summed E-state index contributed by atoms with van der Waals surface area (Å²) in [6.45, 7) is 2.88. The van der Waals surface area contributed by atoms with Crippen LogP contribution in [-0.4, -0.2) is 28.9 Å². The Morgan fingerprint density at radius 1 is 1.19 bits per heavy atom. The molecule has 26 heavy (non-hydrogen) atoms. The number of amides is 1. The van der Waals surface area contributed by atoms with E-state index in [1.165, 1.54) is 10.3 Å². The summed E-state index contributed by atoms with van der Waals surface area (Å²) >= 11 is 1.70. The van der Waals surface area contributed by atoms with Crippen molar-refractivity contribution < 1.29 is 9.53 Å². The fourth-order valence-corrected chi connectivity index (χ4v) is 4.50. The SMILES string of the molecule is Cc1ccc(OCC(=O)N2CCCCC2c2nc3ccccc3s2)cc1. The molecule has 2 aromatic carbocycles. The number of thiazole rings is 1. The molecule has 0 bridgehead atoms. The van der Waals surface area contributed by atoms with Crippen LogP contribution in [0.4, 0.5) is 0 Å². The lowest BCUT2D eigenvalue weighted by molar-refractivity contribution is -0.137. The van der Waals surface area contributed by atoms with Gasteiger partial charge in [0, 0.05) is 6.54 Å². The number of aromatic nitrogens is 1. The Bertz CT molecular complexity index is 871. The number of piperidine rings is 1. The van der Waals surface area contributed by atoms with Crippen molar-refractivity contribution in [3.63, 3.8) is 0 Å². The summed E-state index contributed by atoms with van der Waals surface area (Å²) in [5.41, 5.74) is 2.19. The van der Waals surface area contributed by atoms with Crippen molar-refractivity contribution in [2.45, 2.75) is 32.2 Å². The molecule has 4 rings (SSSR count). The van der Waals surface area contributed by atoms with Crippen LogP contribution in [0.3, 0.4) is 0 Å². The number of likely N-dealkylation sites (tertiary alicyclic amines) is 1. The second-order valence-corrected chi connectivity index (χ2v) is 7.78. The highest BCUT2D eigenvalue weighted by Crippen LogP contribution is 2.35. The van der Waals surface area contributed by atoms with Gasteiger partial charge >= 0.3 is 0 Å². The van der Waals surface area contributed by atoms with Gasteiger partial charge in [0.1, 0.15) is 10.8 Å². The zero-order valence-corrected chi connectivity index (χ0v) is 15.7. The van der Waals surface area contributed by atoms with Gasteiger partial charge in [0.15, 0.2) is 6.61 Å². The summed E-state index contributed by atoms with van der Waals surface area (Å²) in [6, 6.07) is 16.0. The van der Waals surface area contributed by atoms with Gasteiger partial charge in [0.25, 0.3) is 5.91 Å². The molecule has 1 aliphatic rings. The topological polar surface area (TPSA) is 42.4 Å². The molecular formula is C21H22N2O2S. The Morgan fingerprint density at radius 2 is 2.00 bits per heavy atom. The van der Waals surface area contributed by atoms with Crippen molar-refractivity contribution in [1.29, 1.82) is 0 Å². The lowest BCUT2D eigenvalue weighted by Crippen LogP contribution is -2.41. The average molecular weight is 366 g/mol. The highest BCUT2D eigenvalue weighted by molar-refractivity contribution is 7.18. The Hall–Kier alpha value is -2.40. The van der Waals surface area contributed by atoms with Crippen LogP contribution in [0.15, 0.2) is 48.5 Å². The Balaban J connectivity index is 1.49. The third-order valence-electron chi connectivity index (χ3n) is 4.80.